The summed E-state index contributed by atoms with van der Waals surface area (Å²) in [6.07, 6.45) is 1.95. The summed E-state index contributed by atoms with van der Waals surface area (Å²) < 4.78 is 5.42. The lowest BCUT2D eigenvalue weighted by Gasteiger charge is -2.34. The van der Waals surface area contributed by atoms with E-state index in [-0.39, 0.29) is 11.4 Å². The molecule has 3 nitrogen and oxygen atoms in total. The number of hydrogen-bond acceptors (Lipinski definition) is 3. The van der Waals surface area contributed by atoms with Crippen LogP contribution in [0.4, 0.5) is 0 Å². The molecule has 1 aliphatic rings. The molecule has 0 aromatic heterocycles. The lowest BCUT2D eigenvalue weighted by molar-refractivity contribution is 0.0272. The Morgan fingerprint density at radius 3 is 3.00 bits per heavy atom. The number of carbonyl (C=O) groups is 1. The molecule has 1 atom stereocenters. The number of rotatable bonds is 2. The Labute approximate surface area is 107 Å². The molecular weight excluding hydrogens is 234 g/mol. The van der Waals surface area contributed by atoms with Crippen molar-refractivity contribution in [3.63, 3.8) is 0 Å². The predicted octanol–water partition coefficient (Wildman–Crippen LogP) is 2.27. The standard InChI is InChI=1S/C13H17NO2S/c1-13(6-3-7-16-9-13)14-12(15)10-4-2-5-11(17)8-10/h2,4-5,8,17H,3,6-7,9H2,1H3,(H,14,15). The molecule has 1 aromatic carbocycles. The van der Waals surface area contributed by atoms with Crippen LogP contribution in [0.1, 0.15) is 30.1 Å². The van der Waals surface area contributed by atoms with Gasteiger partial charge in [-0.15, -0.1) is 12.6 Å². The van der Waals surface area contributed by atoms with Gasteiger partial charge in [0, 0.05) is 17.1 Å². The van der Waals surface area contributed by atoms with Crippen molar-refractivity contribution in [2.75, 3.05) is 13.2 Å². The largest absolute Gasteiger partial charge is 0.379 e. The van der Waals surface area contributed by atoms with Gasteiger partial charge in [-0.1, -0.05) is 6.07 Å². The molecule has 1 N–H and O–H groups in total. The number of ether oxygens (including phenoxy) is 1. The first-order valence-corrected chi connectivity index (χ1v) is 6.23. The second-order valence-electron chi connectivity index (χ2n) is 4.72. The van der Waals surface area contributed by atoms with Gasteiger partial charge < -0.3 is 10.1 Å². The van der Waals surface area contributed by atoms with E-state index in [1.807, 2.05) is 19.1 Å². The predicted molar refractivity (Wildman–Crippen MR) is 69.6 cm³/mol. The SMILES string of the molecule is CC1(NC(=O)c2cccc(S)c2)CCCOC1. The molecule has 1 saturated heterocycles. The Morgan fingerprint density at radius 1 is 1.53 bits per heavy atom. The molecule has 0 spiro atoms. The van der Waals surface area contributed by atoms with Crippen molar-refractivity contribution in [3.05, 3.63) is 29.8 Å². The lowest BCUT2D eigenvalue weighted by atomic mass is 9.94. The van der Waals surface area contributed by atoms with Gasteiger partial charge in [0.2, 0.25) is 0 Å². The summed E-state index contributed by atoms with van der Waals surface area (Å²) in [5.74, 6) is -0.0612. The number of nitrogens with one attached hydrogen (secondary N) is 1. The van der Waals surface area contributed by atoms with E-state index >= 15 is 0 Å². The Kier molecular flexibility index (Phi) is 3.74. The maximum atomic E-state index is 12.1. The normalized spacial score (nSPS) is 24.4. The Bertz CT molecular complexity index is 414. The molecule has 1 amide bonds. The van der Waals surface area contributed by atoms with Crippen molar-refractivity contribution in [3.8, 4) is 0 Å². The first-order valence-electron chi connectivity index (χ1n) is 5.78. The van der Waals surface area contributed by atoms with Crippen LogP contribution in [0.25, 0.3) is 0 Å². The van der Waals surface area contributed by atoms with E-state index in [9.17, 15) is 4.79 Å². The molecule has 92 valence electrons. The Balaban J connectivity index is 2.06. The van der Waals surface area contributed by atoms with E-state index in [2.05, 4.69) is 17.9 Å². The van der Waals surface area contributed by atoms with Gasteiger partial charge in [0.05, 0.1) is 12.1 Å². The Morgan fingerprint density at radius 2 is 2.35 bits per heavy atom. The first-order chi connectivity index (χ1) is 8.09. The van der Waals surface area contributed by atoms with E-state index in [0.717, 1.165) is 24.3 Å². The smallest absolute Gasteiger partial charge is 0.251 e. The molecule has 2 rings (SSSR count). The van der Waals surface area contributed by atoms with Gasteiger partial charge >= 0.3 is 0 Å². The molecular formula is C13H17NO2S. The van der Waals surface area contributed by atoms with Crippen molar-refractivity contribution in [2.45, 2.75) is 30.2 Å². The average molecular weight is 251 g/mol. The lowest BCUT2D eigenvalue weighted by Crippen LogP contribution is -2.51. The molecule has 0 bridgehead atoms. The third kappa shape index (κ3) is 3.23. The second kappa shape index (κ2) is 5.10. The van der Waals surface area contributed by atoms with Crippen LogP contribution in [0.15, 0.2) is 29.2 Å². The molecule has 1 fully saturated rings. The molecule has 0 radical (unpaired) electrons. The fourth-order valence-corrected chi connectivity index (χ4v) is 2.25. The molecule has 1 heterocycles. The Hall–Kier alpha value is -1.00. The van der Waals surface area contributed by atoms with E-state index in [4.69, 9.17) is 4.74 Å². The van der Waals surface area contributed by atoms with Gasteiger partial charge in [-0.3, -0.25) is 4.79 Å². The number of thiol groups is 1. The average Bonchev–Trinajstić information content (AvgIpc) is 2.29. The molecule has 0 aliphatic carbocycles. The number of benzene rings is 1. The van der Waals surface area contributed by atoms with Crippen molar-refractivity contribution < 1.29 is 9.53 Å². The molecule has 1 aromatic rings. The van der Waals surface area contributed by atoms with E-state index in [1.165, 1.54) is 0 Å². The molecule has 0 saturated carbocycles. The highest BCUT2D eigenvalue weighted by atomic mass is 32.1. The van der Waals surface area contributed by atoms with Crippen LogP contribution in [-0.4, -0.2) is 24.7 Å². The van der Waals surface area contributed by atoms with Crippen LogP contribution in [0.5, 0.6) is 0 Å². The maximum absolute atomic E-state index is 12.1. The van der Waals surface area contributed by atoms with Gasteiger partial charge in [-0.2, -0.15) is 0 Å². The van der Waals surface area contributed by atoms with Crippen molar-refractivity contribution in [1.29, 1.82) is 0 Å². The van der Waals surface area contributed by atoms with Gasteiger partial charge in [-0.05, 0) is 38.0 Å². The van der Waals surface area contributed by atoms with Crippen molar-refractivity contribution in [2.24, 2.45) is 0 Å². The fourth-order valence-electron chi connectivity index (χ4n) is 2.03. The summed E-state index contributed by atoms with van der Waals surface area (Å²) in [5, 5.41) is 3.04. The van der Waals surface area contributed by atoms with Crippen LogP contribution in [0.2, 0.25) is 0 Å². The number of amides is 1. The van der Waals surface area contributed by atoms with Crippen LogP contribution in [-0.2, 0) is 4.74 Å². The van der Waals surface area contributed by atoms with Crippen LogP contribution < -0.4 is 5.32 Å². The van der Waals surface area contributed by atoms with E-state index < -0.39 is 0 Å². The summed E-state index contributed by atoms with van der Waals surface area (Å²) in [6.45, 7) is 3.39. The zero-order valence-electron chi connectivity index (χ0n) is 9.90. The van der Waals surface area contributed by atoms with Crippen LogP contribution in [0, 0.1) is 0 Å². The van der Waals surface area contributed by atoms with Crippen LogP contribution in [0.3, 0.4) is 0 Å². The summed E-state index contributed by atoms with van der Waals surface area (Å²) >= 11 is 4.23. The second-order valence-corrected chi connectivity index (χ2v) is 5.24. The van der Waals surface area contributed by atoms with E-state index in [0.29, 0.717) is 12.2 Å². The zero-order chi connectivity index (χ0) is 12.3. The highest BCUT2D eigenvalue weighted by molar-refractivity contribution is 7.80. The summed E-state index contributed by atoms with van der Waals surface area (Å²) in [7, 11) is 0. The molecule has 17 heavy (non-hydrogen) atoms. The molecule has 1 aliphatic heterocycles. The van der Waals surface area contributed by atoms with Crippen LogP contribution >= 0.6 is 12.6 Å². The minimum absolute atomic E-state index is 0.0612. The van der Waals surface area contributed by atoms with Crippen molar-refractivity contribution >= 4 is 18.5 Å². The highest BCUT2D eigenvalue weighted by Gasteiger charge is 2.29. The fraction of sp³-hybridized carbons (Fsp3) is 0.462. The van der Waals surface area contributed by atoms with Crippen molar-refractivity contribution in [1.82, 2.24) is 5.32 Å². The molecule has 1 unspecified atom stereocenters. The summed E-state index contributed by atoms with van der Waals surface area (Å²) in [6, 6.07) is 7.25. The number of hydrogen-bond donors (Lipinski definition) is 2. The minimum Gasteiger partial charge on any atom is -0.379 e. The molecule has 4 heteroatoms. The van der Waals surface area contributed by atoms with Gasteiger partial charge in [-0.25, -0.2) is 0 Å². The van der Waals surface area contributed by atoms with Gasteiger partial charge in [0.25, 0.3) is 5.91 Å². The first kappa shape index (κ1) is 12.5. The topological polar surface area (TPSA) is 38.3 Å². The minimum atomic E-state index is -0.248. The maximum Gasteiger partial charge on any atom is 0.251 e. The summed E-state index contributed by atoms with van der Waals surface area (Å²) in [5.41, 5.74) is 0.395. The third-order valence-corrected chi connectivity index (χ3v) is 3.24. The quantitative estimate of drug-likeness (QED) is 0.791. The van der Waals surface area contributed by atoms with Gasteiger partial charge in [0.1, 0.15) is 0 Å². The highest BCUT2D eigenvalue weighted by Crippen LogP contribution is 2.19. The summed E-state index contributed by atoms with van der Waals surface area (Å²) in [4.78, 5) is 12.9. The van der Waals surface area contributed by atoms with E-state index in [1.54, 1.807) is 12.1 Å². The monoisotopic (exact) mass is 251 g/mol. The number of carbonyl (C=O) groups excluding carboxylic acids is 1. The van der Waals surface area contributed by atoms with Gasteiger partial charge in [0.15, 0.2) is 0 Å². The third-order valence-electron chi connectivity index (χ3n) is 2.96. The zero-order valence-corrected chi connectivity index (χ0v) is 10.8.